The summed E-state index contributed by atoms with van der Waals surface area (Å²) in [7, 11) is 1.89. The van der Waals surface area contributed by atoms with Crippen LogP contribution in [0, 0.1) is 0 Å². The molecule has 0 aliphatic rings. The Morgan fingerprint density at radius 1 is 0.950 bits per heavy atom. The summed E-state index contributed by atoms with van der Waals surface area (Å²) in [4.78, 5) is 22.4. The molecule has 0 aliphatic carbocycles. The van der Waals surface area contributed by atoms with Gasteiger partial charge in [-0.1, -0.05) is 49.6 Å². The van der Waals surface area contributed by atoms with E-state index < -0.39 is 10.0 Å². The summed E-state index contributed by atoms with van der Waals surface area (Å²) in [5.41, 5.74) is 1.00. The Morgan fingerprint density at radius 3 is 2.12 bits per heavy atom. The maximum Gasteiger partial charge on any atom is 0.260 e. The molecule has 8 nitrogen and oxygen atoms in total. The number of carbonyl (C=O) groups is 1. The van der Waals surface area contributed by atoms with Crippen molar-refractivity contribution in [3.8, 4) is 5.75 Å². The van der Waals surface area contributed by atoms with Gasteiger partial charge in [0.2, 0.25) is 10.0 Å². The second-order valence-electron chi connectivity index (χ2n) is 9.67. The fraction of sp³-hybridized carbons (Fsp3) is 0.500. The number of nitrogens with zero attached hydrogens (tertiary/aromatic N) is 4. The first-order chi connectivity index (χ1) is 18.6. The summed E-state index contributed by atoms with van der Waals surface area (Å²) >= 11 is 7.78. The molecule has 0 spiro atoms. The number of carbonyl (C=O) groups excluding carboxylic acids is 1. The lowest BCUT2D eigenvalue weighted by molar-refractivity contribution is 0.0986. The number of thiazole rings is 1. The number of benzene rings is 2. The standard InChI is InChI=1S/C28H39ClN4O4S2.ClH/c1-6-8-18-32(19-9-7-2)39(35,36)22-13-11-21(12-14-22)27(34)33(20-10-17-31(3)4)28-30-25-24(37-5)16-15-23(29)26(25)38-28;/h11-16H,6-10,17-20H2,1-5H3;1H. The van der Waals surface area contributed by atoms with Crippen molar-refractivity contribution in [1.29, 1.82) is 0 Å². The first-order valence-electron chi connectivity index (χ1n) is 13.3. The summed E-state index contributed by atoms with van der Waals surface area (Å²) in [6.45, 7) is 6.31. The molecule has 0 bridgehead atoms. The molecule has 0 aliphatic heterocycles. The number of anilines is 1. The topological polar surface area (TPSA) is 83.1 Å². The smallest absolute Gasteiger partial charge is 0.260 e. The van der Waals surface area contributed by atoms with Gasteiger partial charge in [-0.25, -0.2) is 13.4 Å². The van der Waals surface area contributed by atoms with Gasteiger partial charge in [-0.2, -0.15) is 4.31 Å². The quantitative estimate of drug-likeness (QED) is 0.189. The van der Waals surface area contributed by atoms with Gasteiger partial charge < -0.3 is 9.64 Å². The van der Waals surface area contributed by atoms with Crippen LogP contribution >= 0.6 is 35.3 Å². The van der Waals surface area contributed by atoms with Crippen LogP contribution in [0.25, 0.3) is 10.2 Å². The van der Waals surface area contributed by atoms with Crippen molar-refractivity contribution in [3.05, 3.63) is 47.0 Å². The summed E-state index contributed by atoms with van der Waals surface area (Å²) in [6, 6.07) is 9.76. The number of sulfonamides is 1. The summed E-state index contributed by atoms with van der Waals surface area (Å²) in [6.07, 6.45) is 4.17. The Bertz CT molecular complexity index is 1340. The first-order valence-corrected chi connectivity index (χ1v) is 16.0. The highest BCUT2D eigenvalue weighted by molar-refractivity contribution is 7.89. The molecule has 12 heteroatoms. The molecular formula is C28H40Cl2N4O4S2. The van der Waals surface area contributed by atoms with E-state index in [1.807, 2.05) is 27.9 Å². The van der Waals surface area contributed by atoms with Gasteiger partial charge in [0.1, 0.15) is 11.3 Å². The zero-order valence-electron chi connectivity index (χ0n) is 23.9. The van der Waals surface area contributed by atoms with Gasteiger partial charge in [0.25, 0.3) is 5.91 Å². The van der Waals surface area contributed by atoms with E-state index in [0.29, 0.717) is 46.6 Å². The van der Waals surface area contributed by atoms with Crippen molar-refractivity contribution in [2.75, 3.05) is 52.3 Å². The number of hydrogen-bond acceptors (Lipinski definition) is 7. The molecule has 0 saturated carbocycles. The number of ether oxygens (including phenoxy) is 1. The largest absolute Gasteiger partial charge is 0.494 e. The number of fused-ring (bicyclic) bond motifs is 1. The van der Waals surface area contributed by atoms with Crippen LogP contribution in [0.3, 0.4) is 0 Å². The minimum absolute atomic E-state index is 0. The second-order valence-corrected chi connectivity index (χ2v) is 13.0. The molecule has 3 rings (SSSR count). The van der Waals surface area contributed by atoms with Crippen molar-refractivity contribution in [2.45, 2.75) is 50.8 Å². The van der Waals surface area contributed by atoms with Crippen LogP contribution in [-0.2, 0) is 10.0 Å². The van der Waals surface area contributed by atoms with Gasteiger partial charge in [0, 0.05) is 25.2 Å². The third kappa shape index (κ3) is 8.30. The zero-order chi connectivity index (χ0) is 28.6. The van der Waals surface area contributed by atoms with Gasteiger partial charge in [-0.15, -0.1) is 12.4 Å². The van der Waals surface area contributed by atoms with Crippen LogP contribution in [0.15, 0.2) is 41.3 Å². The fourth-order valence-electron chi connectivity index (χ4n) is 4.15. The van der Waals surface area contributed by atoms with Gasteiger partial charge in [-0.3, -0.25) is 9.69 Å². The van der Waals surface area contributed by atoms with E-state index in [2.05, 4.69) is 4.90 Å². The number of amides is 1. The molecule has 0 saturated heterocycles. The van der Waals surface area contributed by atoms with Crippen molar-refractivity contribution >= 4 is 66.6 Å². The molecule has 0 unspecified atom stereocenters. The van der Waals surface area contributed by atoms with Crippen molar-refractivity contribution in [2.24, 2.45) is 0 Å². The maximum absolute atomic E-state index is 13.8. The van der Waals surface area contributed by atoms with E-state index in [1.165, 1.54) is 23.5 Å². The SMILES string of the molecule is CCCCN(CCCC)S(=O)(=O)c1ccc(C(=O)N(CCCN(C)C)c2nc3c(OC)ccc(Cl)c3s2)cc1.Cl. The highest BCUT2D eigenvalue weighted by Gasteiger charge is 2.26. The lowest BCUT2D eigenvalue weighted by Crippen LogP contribution is -2.34. The molecule has 0 atom stereocenters. The molecule has 1 aromatic heterocycles. The Kier molecular flexibility index (Phi) is 13.6. The number of methoxy groups -OCH3 is 1. The minimum atomic E-state index is -3.65. The zero-order valence-corrected chi connectivity index (χ0v) is 27.1. The van der Waals surface area contributed by atoms with E-state index in [1.54, 1.807) is 40.6 Å². The average molecular weight is 632 g/mol. The molecule has 0 N–H and O–H groups in total. The molecular weight excluding hydrogens is 591 g/mol. The van der Waals surface area contributed by atoms with Crippen molar-refractivity contribution < 1.29 is 17.9 Å². The minimum Gasteiger partial charge on any atom is -0.494 e. The summed E-state index contributed by atoms with van der Waals surface area (Å²) < 4.78 is 34.5. The molecule has 2 aromatic carbocycles. The Labute approximate surface area is 253 Å². The molecule has 222 valence electrons. The fourth-order valence-corrected chi connectivity index (χ4v) is 6.94. The third-order valence-electron chi connectivity index (χ3n) is 6.39. The van der Waals surface area contributed by atoms with Crippen LogP contribution in [0.2, 0.25) is 5.02 Å². The van der Waals surface area contributed by atoms with Gasteiger partial charge in [0.05, 0.1) is 21.7 Å². The van der Waals surface area contributed by atoms with Crippen LogP contribution < -0.4 is 9.64 Å². The van der Waals surface area contributed by atoms with Crippen LogP contribution in [-0.4, -0.2) is 75.9 Å². The van der Waals surface area contributed by atoms with E-state index in [-0.39, 0.29) is 23.2 Å². The molecule has 40 heavy (non-hydrogen) atoms. The predicted octanol–water partition coefficient (Wildman–Crippen LogP) is 6.57. The summed E-state index contributed by atoms with van der Waals surface area (Å²) in [5, 5.41) is 1.06. The van der Waals surface area contributed by atoms with E-state index in [4.69, 9.17) is 21.3 Å². The first kappa shape index (κ1) is 34.3. The van der Waals surface area contributed by atoms with Crippen molar-refractivity contribution in [3.63, 3.8) is 0 Å². The monoisotopic (exact) mass is 630 g/mol. The van der Waals surface area contributed by atoms with Gasteiger partial charge >= 0.3 is 0 Å². The molecule has 1 heterocycles. The number of halogens is 2. The van der Waals surface area contributed by atoms with E-state index >= 15 is 0 Å². The molecule has 0 fully saturated rings. The number of hydrogen-bond donors (Lipinski definition) is 0. The summed E-state index contributed by atoms with van der Waals surface area (Å²) in [5.74, 6) is 0.337. The van der Waals surface area contributed by atoms with E-state index in [9.17, 15) is 13.2 Å². The van der Waals surface area contributed by atoms with Gasteiger partial charge in [-0.05, 0) is 76.3 Å². The lowest BCUT2D eigenvalue weighted by Gasteiger charge is -2.23. The second kappa shape index (κ2) is 15.9. The van der Waals surface area contributed by atoms with Crippen LogP contribution in [0.4, 0.5) is 5.13 Å². The van der Waals surface area contributed by atoms with Crippen molar-refractivity contribution in [1.82, 2.24) is 14.2 Å². The molecule has 3 aromatic rings. The number of rotatable bonds is 15. The number of aromatic nitrogens is 1. The molecule has 0 radical (unpaired) electrons. The normalized spacial score (nSPS) is 11.7. The lowest BCUT2D eigenvalue weighted by atomic mass is 10.2. The van der Waals surface area contributed by atoms with Crippen LogP contribution in [0.1, 0.15) is 56.3 Å². The maximum atomic E-state index is 13.8. The number of unbranched alkanes of at least 4 members (excludes halogenated alkanes) is 2. The van der Waals surface area contributed by atoms with E-state index in [0.717, 1.165) is 43.3 Å². The Hall–Kier alpha value is -1.95. The Morgan fingerprint density at radius 2 is 1.57 bits per heavy atom. The average Bonchev–Trinajstić information content (AvgIpc) is 3.37. The third-order valence-corrected chi connectivity index (χ3v) is 9.84. The van der Waals surface area contributed by atoms with Gasteiger partial charge in [0.15, 0.2) is 5.13 Å². The molecule has 1 amide bonds. The highest BCUT2D eigenvalue weighted by atomic mass is 35.5. The van der Waals surface area contributed by atoms with Crippen LogP contribution in [0.5, 0.6) is 5.75 Å². The predicted molar refractivity (Wildman–Crippen MR) is 168 cm³/mol. The Balaban J connectivity index is 0.00000560. The highest BCUT2D eigenvalue weighted by Crippen LogP contribution is 2.39.